The quantitative estimate of drug-likeness (QED) is 0.293. The summed E-state index contributed by atoms with van der Waals surface area (Å²) < 4.78 is 32.8. The van der Waals surface area contributed by atoms with E-state index in [0.29, 0.717) is 13.0 Å². The molecule has 0 aliphatic heterocycles. The van der Waals surface area contributed by atoms with Crippen LogP contribution in [0.2, 0.25) is 0 Å². The van der Waals surface area contributed by atoms with E-state index in [1.165, 1.54) is 6.92 Å². The molecule has 0 rings (SSSR count). The fraction of sp³-hybridized carbons (Fsp3) is 0.889. The molecule has 0 radical (unpaired) electrons. The minimum Gasteiger partial charge on any atom is -0.356 e. The van der Waals surface area contributed by atoms with E-state index >= 15 is 0 Å². The van der Waals surface area contributed by atoms with Crippen molar-refractivity contribution in [3.63, 3.8) is 0 Å². The summed E-state index contributed by atoms with van der Waals surface area (Å²) >= 11 is 0. The van der Waals surface area contributed by atoms with Crippen LogP contribution in [0, 0.1) is 0 Å². The number of unbranched alkanes of at least 4 members (excludes halogenated alkanes) is 1. The zero-order chi connectivity index (χ0) is 13.5. The second kappa shape index (κ2) is 6.90. The van der Waals surface area contributed by atoms with Crippen molar-refractivity contribution in [2.45, 2.75) is 45.6 Å². The second-order valence-electron chi connectivity index (χ2n) is 4.28. The molecule has 2 N–H and O–H groups in total. The Morgan fingerprint density at radius 3 is 2.41 bits per heavy atom. The molecule has 0 aromatic carbocycles. The summed E-state index contributed by atoms with van der Waals surface area (Å²) in [5, 5.41) is 2.64. The van der Waals surface area contributed by atoms with Crippen LogP contribution in [0.4, 0.5) is 0 Å². The molecule has 7 nitrogen and oxygen atoms in total. The molecule has 8 heteroatoms. The van der Waals surface area contributed by atoms with Crippen molar-refractivity contribution in [1.82, 2.24) is 5.32 Å². The van der Waals surface area contributed by atoms with Gasteiger partial charge >= 0.3 is 10.4 Å². The van der Waals surface area contributed by atoms with Gasteiger partial charge < -0.3 is 5.32 Å². The van der Waals surface area contributed by atoms with Crippen LogP contribution in [0.15, 0.2) is 0 Å². The van der Waals surface area contributed by atoms with Crippen LogP contribution in [0.1, 0.15) is 40.0 Å². The van der Waals surface area contributed by atoms with Gasteiger partial charge in [-0.1, -0.05) is 4.33 Å². The Bertz CT molecular complexity index is 337. The largest absolute Gasteiger partial charge is 0.424 e. The SMILES string of the molecule is CC(=O)NCCCCC(C)(C)OOS(=O)(=O)O. The molecule has 0 aliphatic rings. The van der Waals surface area contributed by atoms with Crippen LogP contribution >= 0.6 is 0 Å². The van der Waals surface area contributed by atoms with Crippen LogP contribution < -0.4 is 5.32 Å². The molecule has 0 aromatic rings. The smallest absolute Gasteiger partial charge is 0.356 e. The maximum Gasteiger partial charge on any atom is 0.424 e. The first-order valence-corrected chi connectivity index (χ1v) is 6.58. The van der Waals surface area contributed by atoms with Gasteiger partial charge in [-0.25, -0.2) is 4.89 Å². The van der Waals surface area contributed by atoms with Gasteiger partial charge in [-0.15, -0.1) is 0 Å². The average molecular weight is 269 g/mol. The number of hydrogen-bond acceptors (Lipinski definition) is 5. The number of hydrogen-bond donors (Lipinski definition) is 2. The van der Waals surface area contributed by atoms with E-state index in [0.717, 1.165) is 12.8 Å². The molecule has 0 aromatic heterocycles. The van der Waals surface area contributed by atoms with Crippen molar-refractivity contribution >= 4 is 16.3 Å². The first-order valence-electron chi connectivity index (χ1n) is 5.21. The van der Waals surface area contributed by atoms with E-state index in [-0.39, 0.29) is 5.91 Å². The molecule has 0 saturated carbocycles. The van der Waals surface area contributed by atoms with Gasteiger partial charge in [-0.05, 0) is 33.1 Å². The molecular weight excluding hydrogens is 250 g/mol. The third kappa shape index (κ3) is 11.6. The van der Waals surface area contributed by atoms with Crippen molar-refractivity contribution in [2.24, 2.45) is 0 Å². The van der Waals surface area contributed by atoms with E-state index in [1.807, 2.05) is 0 Å². The summed E-state index contributed by atoms with van der Waals surface area (Å²) in [6, 6.07) is 0. The van der Waals surface area contributed by atoms with Gasteiger partial charge in [0.2, 0.25) is 5.91 Å². The van der Waals surface area contributed by atoms with Crippen molar-refractivity contribution < 1.29 is 27.0 Å². The van der Waals surface area contributed by atoms with E-state index in [1.54, 1.807) is 13.8 Å². The predicted molar refractivity (Wildman–Crippen MR) is 60.3 cm³/mol. The molecule has 0 aliphatic carbocycles. The summed E-state index contributed by atoms with van der Waals surface area (Å²) in [6.45, 7) is 5.27. The third-order valence-electron chi connectivity index (χ3n) is 1.93. The number of carbonyl (C=O) groups is 1. The Labute approximate surface area is 101 Å². The minimum atomic E-state index is -4.58. The topological polar surface area (TPSA) is 102 Å². The Balaban J connectivity index is 3.74. The Hall–Kier alpha value is -0.700. The van der Waals surface area contributed by atoms with Crippen LogP contribution in [-0.2, 0) is 24.4 Å². The van der Waals surface area contributed by atoms with Gasteiger partial charge in [0.05, 0.1) is 5.60 Å². The molecule has 0 fully saturated rings. The van der Waals surface area contributed by atoms with Gasteiger partial charge in [0.25, 0.3) is 0 Å². The van der Waals surface area contributed by atoms with Crippen LogP contribution in [-0.4, -0.2) is 31.0 Å². The van der Waals surface area contributed by atoms with Crippen molar-refractivity contribution in [3.8, 4) is 0 Å². The third-order valence-corrected chi connectivity index (χ3v) is 2.17. The van der Waals surface area contributed by atoms with Gasteiger partial charge in [0.1, 0.15) is 0 Å². The van der Waals surface area contributed by atoms with E-state index in [4.69, 9.17) is 4.55 Å². The predicted octanol–water partition coefficient (Wildman–Crippen LogP) is 0.822. The Morgan fingerprint density at radius 1 is 1.35 bits per heavy atom. The van der Waals surface area contributed by atoms with Crippen LogP contribution in [0.5, 0.6) is 0 Å². The molecule has 102 valence electrons. The van der Waals surface area contributed by atoms with Crippen LogP contribution in [0.3, 0.4) is 0 Å². The molecule has 1 amide bonds. The van der Waals surface area contributed by atoms with Gasteiger partial charge in [0, 0.05) is 13.5 Å². The van der Waals surface area contributed by atoms with Crippen molar-refractivity contribution in [3.05, 3.63) is 0 Å². The highest BCUT2D eigenvalue weighted by Crippen LogP contribution is 2.18. The second-order valence-corrected chi connectivity index (χ2v) is 5.27. The van der Waals surface area contributed by atoms with Crippen molar-refractivity contribution in [2.75, 3.05) is 6.54 Å². The molecule has 0 unspecified atom stereocenters. The number of nitrogens with one attached hydrogen (secondary N) is 1. The zero-order valence-corrected chi connectivity index (χ0v) is 11.0. The lowest BCUT2D eigenvalue weighted by Crippen LogP contribution is -2.27. The Morgan fingerprint density at radius 2 is 1.94 bits per heavy atom. The summed E-state index contributed by atoms with van der Waals surface area (Å²) in [7, 11) is -4.58. The molecule has 0 heterocycles. The fourth-order valence-corrected chi connectivity index (χ4v) is 1.39. The minimum absolute atomic E-state index is 0.0878. The lowest BCUT2D eigenvalue weighted by molar-refractivity contribution is -0.283. The Kier molecular flexibility index (Phi) is 6.61. The maximum atomic E-state index is 10.6. The van der Waals surface area contributed by atoms with Crippen molar-refractivity contribution in [1.29, 1.82) is 0 Å². The molecule has 0 saturated heterocycles. The highest BCUT2D eigenvalue weighted by atomic mass is 32.3. The first-order chi connectivity index (χ1) is 7.62. The lowest BCUT2D eigenvalue weighted by Gasteiger charge is -2.21. The lowest BCUT2D eigenvalue weighted by atomic mass is 10.0. The number of rotatable bonds is 8. The summed E-state index contributed by atoms with van der Waals surface area (Å²) in [5.41, 5.74) is -0.827. The van der Waals surface area contributed by atoms with Gasteiger partial charge in [0.15, 0.2) is 0 Å². The number of carbonyl (C=O) groups excluding carboxylic acids is 1. The summed E-state index contributed by atoms with van der Waals surface area (Å²) in [4.78, 5) is 15.2. The molecule has 17 heavy (non-hydrogen) atoms. The van der Waals surface area contributed by atoms with E-state index in [9.17, 15) is 13.2 Å². The normalized spacial score (nSPS) is 12.5. The van der Waals surface area contributed by atoms with Crippen LogP contribution in [0.25, 0.3) is 0 Å². The summed E-state index contributed by atoms with van der Waals surface area (Å²) in [6.07, 6.45) is 2.00. The number of amides is 1. The first kappa shape index (κ1) is 16.3. The maximum absolute atomic E-state index is 10.6. The van der Waals surface area contributed by atoms with Gasteiger partial charge in [-0.2, -0.15) is 8.42 Å². The molecular formula is C9H19NO6S. The van der Waals surface area contributed by atoms with Gasteiger partial charge in [-0.3, -0.25) is 9.35 Å². The highest BCUT2D eigenvalue weighted by molar-refractivity contribution is 7.80. The molecule has 0 spiro atoms. The molecule has 0 bridgehead atoms. The molecule has 0 atom stereocenters. The monoisotopic (exact) mass is 269 g/mol. The highest BCUT2D eigenvalue weighted by Gasteiger charge is 2.22. The summed E-state index contributed by atoms with van der Waals surface area (Å²) in [5.74, 6) is -0.0878. The van der Waals surface area contributed by atoms with E-state index < -0.39 is 16.0 Å². The fourth-order valence-electron chi connectivity index (χ4n) is 1.12. The average Bonchev–Trinajstić information content (AvgIpc) is 2.13. The zero-order valence-electron chi connectivity index (χ0n) is 10.2. The standard InChI is InChI=1S/C9H19NO6S/c1-8(11)10-7-5-4-6-9(2,3)15-16-17(12,13)14/h4-7H2,1-3H3,(H,10,11)(H,12,13,14). The van der Waals surface area contributed by atoms with E-state index in [2.05, 4.69) is 14.5 Å².